The van der Waals surface area contributed by atoms with Crippen LogP contribution in [-0.2, 0) is 6.18 Å². The molecule has 0 aliphatic carbocycles. The summed E-state index contributed by atoms with van der Waals surface area (Å²) in [6.07, 6.45) is -4.51. The molecule has 0 unspecified atom stereocenters. The average molecular weight is 368 g/mol. The second-order valence-electron chi connectivity index (χ2n) is 5.15. The number of halogens is 4. The fourth-order valence-corrected chi connectivity index (χ4v) is 2.37. The van der Waals surface area contributed by atoms with Crippen LogP contribution in [0.4, 0.5) is 17.6 Å². The molecule has 2 aromatic carbocycles. The molecule has 3 rings (SSSR count). The molecule has 0 atom stereocenters. The molecule has 0 spiro atoms. The maximum Gasteiger partial charge on any atom is 0.416 e. The van der Waals surface area contributed by atoms with Gasteiger partial charge in [-0.15, -0.1) is 10.2 Å². The minimum Gasteiger partial charge on any atom is -0.493 e. The van der Waals surface area contributed by atoms with Gasteiger partial charge in [0.1, 0.15) is 11.4 Å². The first-order valence-electron chi connectivity index (χ1n) is 7.27. The van der Waals surface area contributed by atoms with Gasteiger partial charge in [-0.05, 0) is 30.3 Å². The van der Waals surface area contributed by atoms with Gasteiger partial charge in [-0.3, -0.25) is 0 Å². The van der Waals surface area contributed by atoms with Crippen molar-refractivity contribution in [3.63, 3.8) is 0 Å². The maximum absolute atomic E-state index is 14.3. The van der Waals surface area contributed by atoms with E-state index in [-0.39, 0.29) is 34.4 Å². The minimum atomic E-state index is -4.51. The summed E-state index contributed by atoms with van der Waals surface area (Å²) in [5.41, 5.74) is -0.946. The van der Waals surface area contributed by atoms with E-state index < -0.39 is 17.6 Å². The van der Waals surface area contributed by atoms with E-state index in [0.29, 0.717) is 0 Å². The lowest BCUT2D eigenvalue weighted by Gasteiger charge is -2.10. The first-order chi connectivity index (χ1) is 12.3. The summed E-state index contributed by atoms with van der Waals surface area (Å²) in [5.74, 6) is -0.864. The Bertz CT molecular complexity index is 938. The van der Waals surface area contributed by atoms with Crippen LogP contribution >= 0.6 is 0 Å². The Balaban J connectivity index is 2.07. The van der Waals surface area contributed by atoms with E-state index in [1.165, 1.54) is 32.4 Å². The molecule has 5 nitrogen and oxygen atoms in total. The van der Waals surface area contributed by atoms with E-state index in [2.05, 4.69) is 10.2 Å². The van der Waals surface area contributed by atoms with Gasteiger partial charge in [-0.1, -0.05) is 6.07 Å². The molecule has 0 aliphatic heterocycles. The molecule has 0 radical (unpaired) electrons. The van der Waals surface area contributed by atoms with Crippen molar-refractivity contribution in [1.82, 2.24) is 10.2 Å². The van der Waals surface area contributed by atoms with Gasteiger partial charge in [-0.25, -0.2) is 4.39 Å². The third kappa shape index (κ3) is 3.19. The van der Waals surface area contributed by atoms with Gasteiger partial charge in [0.15, 0.2) is 11.5 Å². The van der Waals surface area contributed by atoms with Crippen LogP contribution in [0.1, 0.15) is 5.56 Å². The van der Waals surface area contributed by atoms with Crippen molar-refractivity contribution in [2.24, 2.45) is 0 Å². The van der Waals surface area contributed by atoms with Crippen molar-refractivity contribution in [2.45, 2.75) is 6.18 Å². The van der Waals surface area contributed by atoms with Crippen LogP contribution in [0, 0.1) is 5.82 Å². The zero-order valence-corrected chi connectivity index (χ0v) is 13.6. The Kier molecular flexibility index (Phi) is 4.54. The third-order valence-electron chi connectivity index (χ3n) is 3.57. The van der Waals surface area contributed by atoms with Gasteiger partial charge in [0.2, 0.25) is 5.89 Å². The van der Waals surface area contributed by atoms with Crippen molar-refractivity contribution in [3.05, 3.63) is 47.8 Å². The van der Waals surface area contributed by atoms with Crippen molar-refractivity contribution in [3.8, 4) is 34.4 Å². The number of methoxy groups -OCH3 is 2. The van der Waals surface area contributed by atoms with Crippen LogP contribution < -0.4 is 9.47 Å². The summed E-state index contributed by atoms with van der Waals surface area (Å²) in [5, 5.41) is 7.44. The summed E-state index contributed by atoms with van der Waals surface area (Å²) in [6, 6.07) is 6.88. The lowest BCUT2D eigenvalue weighted by molar-refractivity contribution is -0.137. The molecule has 9 heteroatoms. The fourth-order valence-electron chi connectivity index (χ4n) is 2.37. The second-order valence-corrected chi connectivity index (χ2v) is 5.15. The highest BCUT2D eigenvalue weighted by Crippen LogP contribution is 2.40. The number of rotatable bonds is 4. The summed E-state index contributed by atoms with van der Waals surface area (Å²) in [4.78, 5) is 0. The van der Waals surface area contributed by atoms with Crippen LogP contribution in [-0.4, -0.2) is 24.4 Å². The van der Waals surface area contributed by atoms with E-state index in [1.54, 1.807) is 0 Å². The van der Waals surface area contributed by atoms with Crippen LogP contribution in [0.15, 0.2) is 40.8 Å². The van der Waals surface area contributed by atoms with Gasteiger partial charge in [0.05, 0.1) is 19.8 Å². The van der Waals surface area contributed by atoms with Crippen LogP contribution in [0.2, 0.25) is 0 Å². The molecule has 26 heavy (non-hydrogen) atoms. The zero-order valence-electron chi connectivity index (χ0n) is 13.6. The largest absolute Gasteiger partial charge is 0.493 e. The van der Waals surface area contributed by atoms with Crippen molar-refractivity contribution >= 4 is 0 Å². The molecule has 3 aromatic rings. The smallest absolute Gasteiger partial charge is 0.416 e. The standard InChI is InChI=1S/C17H12F4N2O3/c1-24-12-7-6-11(18)13(14(12)25-2)16-23-22-15(26-16)9-4-3-5-10(8-9)17(19,20)21/h3-8H,1-2H3. The number of hydrogen-bond acceptors (Lipinski definition) is 5. The molecule has 0 saturated carbocycles. The van der Waals surface area contributed by atoms with Crippen LogP contribution in [0.3, 0.4) is 0 Å². The highest BCUT2D eigenvalue weighted by atomic mass is 19.4. The Morgan fingerprint density at radius 2 is 1.69 bits per heavy atom. The predicted octanol–water partition coefficient (Wildman–Crippen LogP) is 4.58. The first kappa shape index (κ1) is 17.7. The van der Waals surface area contributed by atoms with E-state index in [0.717, 1.165) is 18.2 Å². The molecular formula is C17H12F4N2O3. The number of benzene rings is 2. The summed E-state index contributed by atoms with van der Waals surface area (Å²) < 4.78 is 68.4. The maximum atomic E-state index is 14.3. The highest BCUT2D eigenvalue weighted by molar-refractivity contribution is 5.69. The SMILES string of the molecule is COc1ccc(F)c(-c2nnc(-c3cccc(C(F)(F)F)c3)o2)c1OC. The lowest BCUT2D eigenvalue weighted by atomic mass is 10.1. The van der Waals surface area contributed by atoms with Gasteiger partial charge in [0.25, 0.3) is 5.89 Å². The monoisotopic (exact) mass is 368 g/mol. The number of hydrogen-bond donors (Lipinski definition) is 0. The zero-order chi connectivity index (χ0) is 18.9. The number of alkyl halides is 3. The molecule has 1 aromatic heterocycles. The minimum absolute atomic E-state index is 0.0340. The quantitative estimate of drug-likeness (QED) is 0.631. The molecule has 0 bridgehead atoms. The second kappa shape index (κ2) is 6.66. The molecule has 136 valence electrons. The Hall–Kier alpha value is -3.10. The molecule has 0 N–H and O–H groups in total. The summed E-state index contributed by atoms with van der Waals surface area (Å²) >= 11 is 0. The average Bonchev–Trinajstić information content (AvgIpc) is 3.10. The first-order valence-corrected chi connectivity index (χ1v) is 7.27. The van der Waals surface area contributed by atoms with Gasteiger partial charge < -0.3 is 13.9 Å². The van der Waals surface area contributed by atoms with E-state index in [9.17, 15) is 17.6 Å². The molecule has 0 fully saturated rings. The van der Waals surface area contributed by atoms with E-state index in [4.69, 9.17) is 13.9 Å². The van der Waals surface area contributed by atoms with Crippen LogP contribution in [0.25, 0.3) is 22.9 Å². The van der Waals surface area contributed by atoms with Gasteiger partial charge in [0, 0.05) is 5.56 Å². The van der Waals surface area contributed by atoms with Crippen LogP contribution in [0.5, 0.6) is 11.5 Å². The Morgan fingerprint density at radius 3 is 2.35 bits per heavy atom. The molecule has 0 aliphatic rings. The number of ether oxygens (including phenoxy) is 2. The molecule has 0 amide bonds. The predicted molar refractivity (Wildman–Crippen MR) is 83.2 cm³/mol. The third-order valence-corrected chi connectivity index (χ3v) is 3.57. The number of nitrogens with zero attached hydrogens (tertiary/aromatic N) is 2. The molecule has 0 saturated heterocycles. The van der Waals surface area contributed by atoms with Crippen molar-refractivity contribution < 1.29 is 31.5 Å². The normalized spacial score (nSPS) is 11.5. The van der Waals surface area contributed by atoms with Gasteiger partial charge >= 0.3 is 6.18 Å². The number of aromatic nitrogens is 2. The van der Waals surface area contributed by atoms with Crippen molar-refractivity contribution in [1.29, 1.82) is 0 Å². The van der Waals surface area contributed by atoms with Gasteiger partial charge in [-0.2, -0.15) is 13.2 Å². The topological polar surface area (TPSA) is 57.4 Å². The highest BCUT2D eigenvalue weighted by Gasteiger charge is 2.31. The van der Waals surface area contributed by atoms with E-state index >= 15 is 0 Å². The lowest BCUT2D eigenvalue weighted by Crippen LogP contribution is -2.04. The molecule has 1 heterocycles. The Morgan fingerprint density at radius 1 is 0.962 bits per heavy atom. The summed E-state index contributed by atoms with van der Waals surface area (Å²) in [7, 11) is 2.69. The Labute approximate surface area is 145 Å². The van der Waals surface area contributed by atoms with Crippen molar-refractivity contribution in [2.75, 3.05) is 14.2 Å². The van der Waals surface area contributed by atoms with E-state index in [1.807, 2.05) is 0 Å². The fraction of sp³-hybridized carbons (Fsp3) is 0.176. The summed E-state index contributed by atoms with van der Waals surface area (Å²) in [6.45, 7) is 0. The molecular weight excluding hydrogens is 356 g/mol.